The number of hydrogen-bond acceptors (Lipinski definition) is 4. The molecule has 1 aromatic heterocycles. The van der Waals surface area contributed by atoms with Gasteiger partial charge in [0.25, 0.3) is 5.91 Å². The molecule has 1 heterocycles. The summed E-state index contributed by atoms with van der Waals surface area (Å²) >= 11 is 1.24. The SMILES string of the molecule is Cc1sc(C#N)nc1C(=O)N(C)C. The van der Waals surface area contributed by atoms with Crippen LogP contribution in [-0.4, -0.2) is 29.9 Å². The molecule has 0 aliphatic rings. The number of thiazole rings is 1. The van der Waals surface area contributed by atoms with Crippen LogP contribution in [0.1, 0.15) is 20.4 Å². The van der Waals surface area contributed by atoms with Crippen LogP contribution in [0.3, 0.4) is 0 Å². The number of aromatic nitrogens is 1. The number of aryl methyl sites for hydroxylation is 1. The molecule has 0 aliphatic carbocycles. The molecule has 0 atom stereocenters. The molecule has 0 spiro atoms. The molecule has 1 rings (SSSR count). The number of carbonyl (C=O) groups excluding carboxylic acids is 1. The molecule has 0 radical (unpaired) electrons. The summed E-state index contributed by atoms with van der Waals surface area (Å²) in [7, 11) is 3.32. The molecule has 1 amide bonds. The Balaban J connectivity index is 3.09. The molecule has 0 aliphatic heterocycles. The molecular weight excluding hydrogens is 186 g/mol. The monoisotopic (exact) mass is 195 g/mol. The summed E-state index contributed by atoms with van der Waals surface area (Å²) in [6.45, 7) is 1.79. The minimum atomic E-state index is -0.157. The van der Waals surface area contributed by atoms with Crippen molar-refractivity contribution < 1.29 is 4.79 Å². The fourth-order valence-electron chi connectivity index (χ4n) is 0.854. The zero-order valence-electron chi connectivity index (χ0n) is 7.66. The van der Waals surface area contributed by atoms with E-state index in [0.717, 1.165) is 4.88 Å². The lowest BCUT2D eigenvalue weighted by atomic mass is 10.3. The number of amides is 1. The van der Waals surface area contributed by atoms with E-state index in [2.05, 4.69) is 4.98 Å². The van der Waals surface area contributed by atoms with E-state index < -0.39 is 0 Å². The fraction of sp³-hybridized carbons (Fsp3) is 0.375. The summed E-state index contributed by atoms with van der Waals surface area (Å²) in [4.78, 5) is 17.6. The molecule has 0 N–H and O–H groups in total. The van der Waals surface area contributed by atoms with Crippen LogP contribution in [-0.2, 0) is 0 Å². The van der Waals surface area contributed by atoms with Crippen molar-refractivity contribution in [3.05, 3.63) is 15.6 Å². The third-order valence-corrected chi connectivity index (χ3v) is 2.38. The van der Waals surface area contributed by atoms with Gasteiger partial charge in [0.2, 0.25) is 0 Å². The molecule has 0 saturated carbocycles. The first-order valence-corrected chi connectivity index (χ1v) is 4.47. The number of hydrogen-bond donors (Lipinski definition) is 0. The van der Waals surface area contributed by atoms with Crippen LogP contribution < -0.4 is 0 Å². The lowest BCUT2D eigenvalue weighted by Crippen LogP contribution is -2.22. The lowest BCUT2D eigenvalue weighted by Gasteiger charge is -2.07. The second-order valence-corrected chi connectivity index (χ2v) is 3.94. The molecule has 5 heteroatoms. The summed E-state index contributed by atoms with van der Waals surface area (Å²) in [5, 5.41) is 8.90. The van der Waals surface area contributed by atoms with Crippen molar-refractivity contribution >= 4 is 17.2 Å². The maximum Gasteiger partial charge on any atom is 0.273 e. The van der Waals surface area contributed by atoms with Crippen LogP contribution in [0.4, 0.5) is 0 Å². The molecule has 0 aromatic carbocycles. The minimum absolute atomic E-state index is 0.157. The minimum Gasteiger partial charge on any atom is -0.343 e. The van der Waals surface area contributed by atoms with Crippen LogP contribution in [0.25, 0.3) is 0 Å². The number of carbonyl (C=O) groups is 1. The Hall–Kier alpha value is -1.41. The van der Waals surface area contributed by atoms with Crippen LogP contribution in [0.5, 0.6) is 0 Å². The van der Waals surface area contributed by atoms with E-state index in [4.69, 9.17) is 5.26 Å². The summed E-state index contributed by atoms with van der Waals surface area (Å²) < 4.78 is 0. The van der Waals surface area contributed by atoms with Gasteiger partial charge in [-0.25, -0.2) is 4.98 Å². The Kier molecular flexibility index (Phi) is 2.63. The zero-order valence-corrected chi connectivity index (χ0v) is 8.47. The number of nitrogens with zero attached hydrogens (tertiary/aromatic N) is 3. The first kappa shape index (κ1) is 9.68. The second-order valence-electron chi connectivity index (χ2n) is 2.74. The van der Waals surface area contributed by atoms with Crippen molar-refractivity contribution in [2.45, 2.75) is 6.92 Å². The third-order valence-electron chi connectivity index (χ3n) is 1.50. The highest BCUT2D eigenvalue weighted by molar-refractivity contribution is 7.12. The van der Waals surface area contributed by atoms with Crippen LogP contribution in [0.15, 0.2) is 0 Å². The van der Waals surface area contributed by atoms with Gasteiger partial charge in [-0.2, -0.15) is 5.26 Å². The van der Waals surface area contributed by atoms with E-state index in [9.17, 15) is 4.79 Å². The van der Waals surface area contributed by atoms with Gasteiger partial charge in [-0.05, 0) is 6.92 Å². The van der Waals surface area contributed by atoms with E-state index >= 15 is 0 Å². The molecule has 0 saturated heterocycles. The predicted molar refractivity (Wildman–Crippen MR) is 49.6 cm³/mol. The van der Waals surface area contributed by atoms with Gasteiger partial charge in [0, 0.05) is 19.0 Å². The maximum atomic E-state index is 11.5. The Morgan fingerprint density at radius 3 is 2.62 bits per heavy atom. The largest absolute Gasteiger partial charge is 0.343 e. The van der Waals surface area contributed by atoms with Gasteiger partial charge in [0.15, 0.2) is 5.01 Å². The molecule has 0 bridgehead atoms. The second kappa shape index (κ2) is 3.54. The van der Waals surface area contributed by atoms with E-state index in [0.29, 0.717) is 10.7 Å². The van der Waals surface area contributed by atoms with Gasteiger partial charge in [-0.1, -0.05) is 0 Å². The van der Waals surface area contributed by atoms with E-state index in [-0.39, 0.29) is 5.91 Å². The maximum absolute atomic E-state index is 11.5. The van der Waals surface area contributed by atoms with Crippen molar-refractivity contribution in [2.24, 2.45) is 0 Å². The highest BCUT2D eigenvalue weighted by Gasteiger charge is 2.16. The lowest BCUT2D eigenvalue weighted by molar-refractivity contribution is 0.0822. The zero-order chi connectivity index (χ0) is 10.0. The van der Waals surface area contributed by atoms with E-state index in [1.54, 1.807) is 21.0 Å². The summed E-state index contributed by atoms with van der Waals surface area (Å²) in [6, 6.07) is 1.92. The van der Waals surface area contributed by atoms with Crippen LogP contribution >= 0.6 is 11.3 Å². The molecule has 1 aromatic rings. The van der Waals surface area contributed by atoms with Crippen LogP contribution in [0.2, 0.25) is 0 Å². The first-order valence-electron chi connectivity index (χ1n) is 3.65. The Morgan fingerprint density at radius 1 is 1.62 bits per heavy atom. The third kappa shape index (κ3) is 1.84. The number of rotatable bonds is 1. The van der Waals surface area contributed by atoms with Gasteiger partial charge >= 0.3 is 0 Å². The molecule has 68 valence electrons. The smallest absolute Gasteiger partial charge is 0.273 e. The molecular formula is C8H9N3OS. The van der Waals surface area contributed by atoms with Gasteiger partial charge in [-0.3, -0.25) is 4.79 Å². The quantitative estimate of drug-likeness (QED) is 0.672. The standard InChI is InChI=1S/C8H9N3OS/c1-5-7(8(12)11(2)3)10-6(4-9)13-5/h1-3H3. The fourth-order valence-corrected chi connectivity index (χ4v) is 1.56. The van der Waals surface area contributed by atoms with Crippen molar-refractivity contribution in [3.63, 3.8) is 0 Å². The summed E-state index contributed by atoms with van der Waals surface area (Å²) in [5.74, 6) is -0.157. The highest BCUT2D eigenvalue weighted by atomic mass is 32.1. The van der Waals surface area contributed by atoms with Crippen molar-refractivity contribution in [2.75, 3.05) is 14.1 Å². The molecule has 13 heavy (non-hydrogen) atoms. The van der Waals surface area contributed by atoms with Crippen molar-refractivity contribution in [1.82, 2.24) is 9.88 Å². The highest BCUT2D eigenvalue weighted by Crippen LogP contribution is 2.17. The van der Waals surface area contributed by atoms with Gasteiger partial charge in [0.1, 0.15) is 11.8 Å². The first-order chi connectivity index (χ1) is 6.06. The number of nitriles is 1. The average Bonchev–Trinajstić information content (AvgIpc) is 2.45. The van der Waals surface area contributed by atoms with Crippen LogP contribution in [0, 0.1) is 18.3 Å². The van der Waals surface area contributed by atoms with E-state index in [1.165, 1.54) is 16.2 Å². The average molecular weight is 195 g/mol. The Labute approximate surface area is 80.4 Å². The van der Waals surface area contributed by atoms with Gasteiger partial charge < -0.3 is 4.90 Å². The Morgan fingerprint density at radius 2 is 2.23 bits per heavy atom. The molecule has 0 fully saturated rings. The van der Waals surface area contributed by atoms with Crippen molar-refractivity contribution in [1.29, 1.82) is 5.26 Å². The Bertz CT molecular complexity index is 375. The summed E-state index contributed by atoms with van der Waals surface area (Å²) in [6.07, 6.45) is 0. The predicted octanol–water partition coefficient (Wildman–Crippen LogP) is 1.03. The van der Waals surface area contributed by atoms with Crippen molar-refractivity contribution in [3.8, 4) is 6.07 Å². The molecule has 0 unspecified atom stereocenters. The normalized spacial score (nSPS) is 9.38. The van der Waals surface area contributed by atoms with Gasteiger partial charge in [0.05, 0.1) is 0 Å². The summed E-state index contributed by atoms with van der Waals surface area (Å²) in [5.41, 5.74) is 0.381. The molecule has 4 nitrogen and oxygen atoms in total. The topological polar surface area (TPSA) is 57.0 Å². The van der Waals surface area contributed by atoms with E-state index in [1.807, 2.05) is 6.07 Å². The van der Waals surface area contributed by atoms with Gasteiger partial charge in [-0.15, -0.1) is 11.3 Å².